The van der Waals surface area contributed by atoms with Gasteiger partial charge < -0.3 is 39.9 Å². The summed E-state index contributed by atoms with van der Waals surface area (Å²) in [5, 5.41) is 50.1. The highest BCUT2D eigenvalue weighted by atomic mass is 31.2. The van der Waals surface area contributed by atoms with Crippen molar-refractivity contribution in [2.45, 2.75) is 204 Å². The second-order valence-corrected chi connectivity index (χ2v) is 17.3. The molecule has 0 bridgehead atoms. The van der Waals surface area contributed by atoms with E-state index in [1.807, 2.05) is 12.2 Å². The normalized spacial score (nSPS) is 22.3. The number of rotatable bonds is 37. The molecule has 0 aromatic rings. The molecular formula is C47H79O14P. The Hall–Kier alpha value is -2.78. The zero-order valence-electron chi connectivity index (χ0n) is 37.4. The molecule has 0 heterocycles. The molecule has 6 N–H and O–H groups in total. The van der Waals surface area contributed by atoms with Gasteiger partial charge in [0.1, 0.15) is 43.2 Å². The lowest BCUT2D eigenvalue weighted by molar-refractivity contribution is -0.220. The molecule has 1 aliphatic carbocycles. The molecule has 1 fully saturated rings. The van der Waals surface area contributed by atoms with Crippen LogP contribution in [-0.4, -0.2) is 104 Å². The van der Waals surface area contributed by atoms with E-state index >= 15 is 0 Å². The van der Waals surface area contributed by atoms with Gasteiger partial charge in [-0.05, 0) is 70.3 Å². The summed E-state index contributed by atoms with van der Waals surface area (Å²) in [6.45, 7) is 3.04. The van der Waals surface area contributed by atoms with Gasteiger partial charge in [0.25, 0.3) is 0 Å². The Bertz CT molecular complexity index is 1380. The van der Waals surface area contributed by atoms with Crippen LogP contribution in [0.2, 0.25) is 0 Å². The van der Waals surface area contributed by atoms with Crippen molar-refractivity contribution in [3.05, 3.63) is 60.8 Å². The van der Waals surface area contributed by atoms with E-state index in [2.05, 4.69) is 44.2 Å². The molecule has 8 atom stereocenters. The third kappa shape index (κ3) is 28.8. The lowest BCUT2D eigenvalue weighted by Crippen LogP contribution is -2.64. The smallest absolute Gasteiger partial charge is 0.462 e. The van der Waals surface area contributed by atoms with Gasteiger partial charge in [-0.1, -0.05) is 133 Å². The lowest BCUT2D eigenvalue weighted by atomic mass is 9.85. The second-order valence-electron chi connectivity index (χ2n) is 15.9. The lowest BCUT2D eigenvalue weighted by Gasteiger charge is -2.41. The maximum atomic E-state index is 12.8. The summed E-state index contributed by atoms with van der Waals surface area (Å²) < 4.78 is 33.3. The maximum absolute atomic E-state index is 12.8. The van der Waals surface area contributed by atoms with Crippen LogP contribution in [0.15, 0.2) is 60.8 Å². The number of hydrogen-bond acceptors (Lipinski definition) is 13. The topological polar surface area (TPSA) is 227 Å². The summed E-state index contributed by atoms with van der Waals surface area (Å²) >= 11 is 0. The van der Waals surface area contributed by atoms with E-state index in [0.29, 0.717) is 6.42 Å². The van der Waals surface area contributed by atoms with Crippen LogP contribution in [0.5, 0.6) is 0 Å². The van der Waals surface area contributed by atoms with Gasteiger partial charge in [0.15, 0.2) is 11.9 Å². The number of aliphatic hydroxyl groups excluding tert-OH is 5. The Kier molecular flexibility index (Phi) is 33.7. The van der Waals surface area contributed by atoms with E-state index in [1.54, 1.807) is 12.2 Å². The van der Waals surface area contributed by atoms with Crippen molar-refractivity contribution in [3.63, 3.8) is 0 Å². The predicted octanol–water partition coefficient (Wildman–Crippen LogP) is 8.12. The number of aliphatic hydroxyl groups is 5. The minimum Gasteiger partial charge on any atom is -0.462 e. The van der Waals surface area contributed by atoms with Gasteiger partial charge >= 0.3 is 19.8 Å². The maximum Gasteiger partial charge on any atom is 0.472 e. The Morgan fingerprint density at radius 2 is 1.03 bits per heavy atom. The summed E-state index contributed by atoms with van der Waals surface area (Å²) in [4.78, 5) is 48.0. The fraction of sp³-hybridized carbons (Fsp3) is 0.723. The van der Waals surface area contributed by atoms with Crippen LogP contribution in [-0.2, 0) is 37.5 Å². The molecule has 0 radical (unpaired) electrons. The average molecular weight is 899 g/mol. The van der Waals surface area contributed by atoms with E-state index in [9.17, 15) is 49.4 Å². The first-order valence-corrected chi connectivity index (χ1v) is 24.5. The summed E-state index contributed by atoms with van der Waals surface area (Å²) in [5.74, 6) is -1.57. The first-order chi connectivity index (χ1) is 29.8. The van der Waals surface area contributed by atoms with E-state index in [0.717, 1.165) is 70.6 Å². The minimum atomic E-state index is -5.19. The molecule has 0 saturated heterocycles. The molecule has 0 spiro atoms. The fourth-order valence-electron chi connectivity index (χ4n) is 6.53. The van der Waals surface area contributed by atoms with Crippen LogP contribution in [0, 0.1) is 0 Å². The van der Waals surface area contributed by atoms with Gasteiger partial charge in [0, 0.05) is 19.3 Å². The molecule has 0 amide bonds. The van der Waals surface area contributed by atoms with Gasteiger partial charge in [0.2, 0.25) is 0 Å². The van der Waals surface area contributed by atoms with Gasteiger partial charge in [-0.2, -0.15) is 0 Å². The molecule has 62 heavy (non-hydrogen) atoms. The predicted molar refractivity (Wildman–Crippen MR) is 240 cm³/mol. The number of phosphoric acid groups is 1. The average Bonchev–Trinajstić information content (AvgIpc) is 3.25. The van der Waals surface area contributed by atoms with Crippen LogP contribution < -0.4 is 0 Å². The highest BCUT2D eigenvalue weighted by molar-refractivity contribution is 7.47. The van der Waals surface area contributed by atoms with Crippen LogP contribution in [0.1, 0.15) is 162 Å². The SMILES string of the molecule is CCCCC/C=C\C/C=C\C/C=C\C=C\C(=O)CCCC(=O)O[C@H](COC(=O)CCCCCCCCC/C=C\CCCCCC)COP(=O)(O)OC1[C@H](O)[C@H](O)C(O)[C@H](O)[C@H]1O. The summed E-state index contributed by atoms with van der Waals surface area (Å²) in [5.41, 5.74) is 0. The molecule has 1 saturated carbocycles. The Morgan fingerprint density at radius 1 is 0.548 bits per heavy atom. The van der Waals surface area contributed by atoms with E-state index in [4.69, 9.17) is 18.5 Å². The highest BCUT2D eigenvalue weighted by Crippen LogP contribution is 2.47. The number of unbranched alkanes of at least 4 members (excludes halogenated alkanes) is 14. The molecule has 0 aromatic carbocycles. The van der Waals surface area contributed by atoms with E-state index in [-0.39, 0.29) is 31.5 Å². The molecular weight excluding hydrogens is 819 g/mol. The first-order valence-electron chi connectivity index (χ1n) is 23.0. The molecule has 14 nitrogen and oxygen atoms in total. The summed E-state index contributed by atoms with van der Waals surface area (Å²) in [6.07, 6.45) is 27.0. The van der Waals surface area contributed by atoms with Crippen molar-refractivity contribution in [1.82, 2.24) is 0 Å². The molecule has 1 aliphatic rings. The van der Waals surface area contributed by atoms with E-state index < -0.39 is 75.7 Å². The number of phosphoric ester groups is 1. The second kappa shape index (κ2) is 36.5. The summed E-state index contributed by atoms with van der Waals surface area (Å²) in [6, 6.07) is 0. The quantitative estimate of drug-likeness (QED) is 0.00865. The standard InChI is InChI=1S/C47H79O14P/c1-3-5-7-9-11-13-15-17-18-20-22-24-26-28-30-34-40(49)58-36-39(37-59-62(56,57)61-47-45(54)43(52)42(51)44(53)46(47)55)60-41(50)35-31-33-38(48)32-29-27-25-23-21-19-16-14-12-10-8-6-4-2/h12-15,19,21,25,27,29,32,39,42-47,51-55H,3-11,16-18,20,22-24,26,28,30-31,33-37H2,1-2H3,(H,56,57)/b14-12-,15-13-,21-19-,27-25-,32-29+/t39-,42?,43-,44+,45-,46-,47?/m1/s1. The molecule has 1 rings (SSSR count). The summed E-state index contributed by atoms with van der Waals surface area (Å²) in [7, 11) is -5.19. The number of ether oxygens (including phenoxy) is 2. The number of carbonyl (C=O) groups excluding carboxylic acids is 3. The third-order valence-corrected chi connectivity index (χ3v) is 11.3. The molecule has 0 aromatic heterocycles. The Labute approximate surface area is 370 Å². The molecule has 15 heteroatoms. The van der Waals surface area contributed by atoms with Gasteiger partial charge in [0.05, 0.1) is 6.61 Å². The van der Waals surface area contributed by atoms with Crippen molar-refractivity contribution < 1.29 is 67.9 Å². The number of hydrogen-bond donors (Lipinski definition) is 6. The molecule has 356 valence electrons. The Balaban J connectivity index is 2.57. The third-order valence-electron chi connectivity index (χ3n) is 10.3. The van der Waals surface area contributed by atoms with Crippen molar-refractivity contribution in [1.29, 1.82) is 0 Å². The number of carbonyl (C=O) groups is 3. The minimum absolute atomic E-state index is 0.0504. The van der Waals surface area contributed by atoms with Gasteiger partial charge in [-0.25, -0.2) is 4.57 Å². The fourth-order valence-corrected chi connectivity index (χ4v) is 7.50. The van der Waals surface area contributed by atoms with Crippen molar-refractivity contribution in [3.8, 4) is 0 Å². The molecule has 0 aliphatic heterocycles. The van der Waals surface area contributed by atoms with Crippen molar-refractivity contribution >= 4 is 25.5 Å². The number of ketones is 1. The monoisotopic (exact) mass is 899 g/mol. The Morgan fingerprint density at radius 3 is 1.66 bits per heavy atom. The number of esters is 2. The van der Waals surface area contributed by atoms with Crippen LogP contribution in [0.25, 0.3) is 0 Å². The van der Waals surface area contributed by atoms with Crippen LogP contribution in [0.4, 0.5) is 0 Å². The van der Waals surface area contributed by atoms with Gasteiger partial charge in [-0.3, -0.25) is 23.4 Å². The van der Waals surface area contributed by atoms with Gasteiger partial charge in [-0.15, -0.1) is 0 Å². The van der Waals surface area contributed by atoms with Crippen molar-refractivity contribution in [2.24, 2.45) is 0 Å². The molecule has 3 unspecified atom stereocenters. The van der Waals surface area contributed by atoms with Crippen LogP contribution in [0.3, 0.4) is 0 Å². The van der Waals surface area contributed by atoms with Crippen molar-refractivity contribution in [2.75, 3.05) is 13.2 Å². The largest absolute Gasteiger partial charge is 0.472 e. The van der Waals surface area contributed by atoms with E-state index in [1.165, 1.54) is 51.0 Å². The first kappa shape index (κ1) is 57.2. The van der Waals surface area contributed by atoms with Crippen LogP contribution >= 0.6 is 7.82 Å². The zero-order valence-corrected chi connectivity index (χ0v) is 38.3. The highest BCUT2D eigenvalue weighted by Gasteiger charge is 2.51. The number of allylic oxidation sites excluding steroid dienone is 10. The zero-order chi connectivity index (χ0) is 45.9.